The van der Waals surface area contributed by atoms with Crippen molar-refractivity contribution in [3.05, 3.63) is 48.5 Å². The van der Waals surface area contributed by atoms with Crippen LogP contribution < -0.4 is 19.9 Å². The monoisotopic (exact) mass is 408 g/mol. The number of amides is 2. The van der Waals surface area contributed by atoms with Crippen LogP contribution in [0.1, 0.15) is 12.8 Å². The molecule has 7 nitrogen and oxygen atoms in total. The number of anilines is 3. The lowest BCUT2D eigenvalue weighted by atomic mass is 10.2. The van der Waals surface area contributed by atoms with Gasteiger partial charge in [-0.3, -0.25) is 9.59 Å². The molecule has 1 N–H and O–H groups in total. The molecule has 0 spiro atoms. The molecule has 0 aromatic heterocycles. The lowest BCUT2D eigenvalue weighted by Crippen LogP contribution is -2.44. The predicted octanol–water partition coefficient (Wildman–Crippen LogP) is 2.58. The van der Waals surface area contributed by atoms with E-state index in [1.807, 2.05) is 36.4 Å². The number of piperazine rings is 1. The zero-order chi connectivity index (χ0) is 20.9. The fourth-order valence-electron chi connectivity index (χ4n) is 3.88. The Morgan fingerprint density at radius 2 is 1.73 bits per heavy atom. The van der Waals surface area contributed by atoms with Crippen LogP contribution in [0.2, 0.25) is 0 Å². The Hall–Kier alpha value is -3.06. The van der Waals surface area contributed by atoms with Gasteiger partial charge in [-0.2, -0.15) is 0 Å². The summed E-state index contributed by atoms with van der Waals surface area (Å²) in [4.78, 5) is 30.7. The molecule has 2 heterocycles. The van der Waals surface area contributed by atoms with Gasteiger partial charge in [-0.25, -0.2) is 0 Å². The van der Waals surface area contributed by atoms with E-state index in [1.54, 1.807) is 17.0 Å². The minimum absolute atomic E-state index is 0.0704. The van der Waals surface area contributed by atoms with Crippen LogP contribution in [0.25, 0.3) is 0 Å². The number of likely N-dealkylation sites (N-methyl/N-ethyl adjacent to an activating group) is 1. The second-order valence-electron chi connectivity index (χ2n) is 7.79. The molecule has 0 saturated carbocycles. The summed E-state index contributed by atoms with van der Waals surface area (Å²) >= 11 is 0. The zero-order valence-electron chi connectivity index (χ0n) is 17.3. The highest BCUT2D eigenvalue weighted by atomic mass is 16.5. The number of rotatable bonds is 6. The second-order valence-corrected chi connectivity index (χ2v) is 7.79. The molecule has 2 fully saturated rings. The van der Waals surface area contributed by atoms with E-state index in [4.69, 9.17) is 4.74 Å². The van der Waals surface area contributed by atoms with Gasteiger partial charge in [0.1, 0.15) is 5.75 Å². The Kier molecular flexibility index (Phi) is 6.18. The Morgan fingerprint density at radius 3 is 2.43 bits per heavy atom. The van der Waals surface area contributed by atoms with E-state index < -0.39 is 0 Å². The largest absolute Gasteiger partial charge is 0.484 e. The van der Waals surface area contributed by atoms with Crippen LogP contribution in [0.3, 0.4) is 0 Å². The van der Waals surface area contributed by atoms with Crippen molar-refractivity contribution >= 4 is 28.9 Å². The summed E-state index contributed by atoms with van der Waals surface area (Å²) in [6.45, 7) is 4.57. The Balaban J connectivity index is 1.33. The molecule has 7 heteroatoms. The van der Waals surface area contributed by atoms with Crippen LogP contribution >= 0.6 is 0 Å². The van der Waals surface area contributed by atoms with Crippen molar-refractivity contribution in [2.75, 3.05) is 61.5 Å². The maximum Gasteiger partial charge on any atom is 0.262 e. The Bertz CT molecular complexity index is 892. The number of carbonyl (C=O) groups excluding carboxylic acids is 2. The van der Waals surface area contributed by atoms with Crippen LogP contribution in [0, 0.1) is 0 Å². The van der Waals surface area contributed by atoms with E-state index in [0.29, 0.717) is 12.2 Å². The molecule has 0 radical (unpaired) electrons. The number of carbonyl (C=O) groups is 2. The molecule has 30 heavy (non-hydrogen) atoms. The quantitative estimate of drug-likeness (QED) is 0.796. The maximum absolute atomic E-state index is 12.5. The van der Waals surface area contributed by atoms with Crippen LogP contribution in [-0.4, -0.2) is 63.1 Å². The smallest absolute Gasteiger partial charge is 0.262 e. The number of para-hydroxylation sites is 2. The first kappa shape index (κ1) is 20.2. The molecule has 2 saturated heterocycles. The molecule has 4 rings (SSSR count). The molecular formula is C23H28N4O3. The fourth-order valence-corrected chi connectivity index (χ4v) is 3.88. The van der Waals surface area contributed by atoms with E-state index in [-0.39, 0.29) is 18.4 Å². The SMILES string of the molecule is CN1CCN(c2ccccc2NC(=O)COc2ccc(N3CCCC3=O)cc2)CC1. The minimum Gasteiger partial charge on any atom is -0.484 e. The number of hydrogen-bond donors (Lipinski definition) is 1. The molecule has 0 aliphatic carbocycles. The number of hydrogen-bond acceptors (Lipinski definition) is 5. The van der Waals surface area contributed by atoms with E-state index >= 15 is 0 Å². The van der Waals surface area contributed by atoms with Gasteiger partial charge in [0.15, 0.2) is 6.61 Å². The van der Waals surface area contributed by atoms with Gasteiger partial charge in [-0.05, 0) is 49.9 Å². The topological polar surface area (TPSA) is 65.1 Å². The summed E-state index contributed by atoms with van der Waals surface area (Å²) in [5.74, 6) is 0.560. The summed E-state index contributed by atoms with van der Waals surface area (Å²) in [5.41, 5.74) is 2.72. The molecular weight excluding hydrogens is 380 g/mol. The number of ether oxygens (including phenoxy) is 1. The third kappa shape index (κ3) is 4.74. The van der Waals surface area contributed by atoms with Crippen molar-refractivity contribution in [3.63, 3.8) is 0 Å². The summed E-state index contributed by atoms with van der Waals surface area (Å²) in [7, 11) is 2.12. The summed E-state index contributed by atoms with van der Waals surface area (Å²) in [5, 5.41) is 2.98. The second kappa shape index (κ2) is 9.17. The highest BCUT2D eigenvalue weighted by Crippen LogP contribution is 2.27. The van der Waals surface area contributed by atoms with Crippen molar-refractivity contribution < 1.29 is 14.3 Å². The van der Waals surface area contributed by atoms with Crippen molar-refractivity contribution in [3.8, 4) is 5.75 Å². The van der Waals surface area contributed by atoms with Crippen molar-refractivity contribution in [2.24, 2.45) is 0 Å². The van der Waals surface area contributed by atoms with Gasteiger partial charge in [-0.1, -0.05) is 12.1 Å². The number of benzene rings is 2. The molecule has 2 amide bonds. The van der Waals surface area contributed by atoms with Crippen LogP contribution in [0.4, 0.5) is 17.1 Å². The van der Waals surface area contributed by atoms with Crippen molar-refractivity contribution in [1.29, 1.82) is 0 Å². The van der Waals surface area contributed by atoms with Crippen LogP contribution in [0.15, 0.2) is 48.5 Å². The van der Waals surface area contributed by atoms with Crippen LogP contribution in [0.5, 0.6) is 5.75 Å². The molecule has 158 valence electrons. The highest BCUT2D eigenvalue weighted by molar-refractivity contribution is 5.96. The molecule has 2 aliphatic heterocycles. The Morgan fingerprint density at radius 1 is 1.00 bits per heavy atom. The lowest BCUT2D eigenvalue weighted by molar-refractivity contribution is -0.118. The van der Waals surface area contributed by atoms with Gasteiger partial charge in [0.05, 0.1) is 11.4 Å². The van der Waals surface area contributed by atoms with E-state index in [9.17, 15) is 9.59 Å². The average Bonchev–Trinajstić information content (AvgIpc) is 3.20. The van der Waals surface area contributed by atoms with Gasteiger partial charge in [0.2, 0.25) is 5.91 Å². The van der Waals surface area contributed by atoms with Gasteiger partial charge in [0.25, 0.3) is 5.91 Å². The van der Waals surface area contributed by atoms with E-state index in [1.165, 1.54) is 0 Å². The van der Waals surface area contributed by atoms with Crippen molar-refractivity contribution in [1.82, 2.24) is 4.90 Å². The van der Waals surface area contributed by atoms with Gasteiger partial charge in [-0.15, -0.1) is 0 Å². The number of nitrogens with zero attached hydrogens (tertiary/aromatic N) is 3. The third-order valence-electron chi connectivity index (χ3n) is 5.61. The predicted molar refractivity (Wildman–Crippen MR) is 118 cm³/mol. The molecule has 0 unspecified atom stereocenters. The highest BCUT2D eigenvalue weighted by Gasteiger charge is 2.21. The molecule has 2 aliphatic rings. The fraction of sp³-hybridized carbons (Fsp3) is 0.391. The Labute approximate surface area is 177 Å². The first-order valence-electron chi connectivity index (χ1n) is 10.5. The van der Waals surface area contributed by atoms with Crippen LogP contribution in [-0.2, 0) is 9.59 Å². The van der Waals surface area contributed by atoms with E-state index in [0.717, 1.165) is 56.2 Å². The van der Waals surface area contributed by atoms with E-state index in [2.05, 4.69) is 22.2 Å². The molecule has 2 aromatic rings. The lowest BCUT2D eigenvalue weighted by Gasteiger charge is -2.35. The molecule has 0 atom stereocenters. The number of nitrogens with one attached hydrogen (secondary N) is 1. The maximum atomic E-state index is 12.5. The third-order valence-corrected chi connectivity index (χ3v) is 5.61. The first-order chi connectivity index (χ1) is 14.6. The standard InChI is InChI=1S/C23H28N4O3/c1-25-13-15-26(16-14-25)21-6-3-2-5-20(21)24-22(28)17-30-19-10-8-18(9-11-19)27-12-4-7-23(27)29/h2-3,5-6,8-11H,4,7,12-17H2,1H3,(H,24,28). The van der Waals surface area contributed by atoms with Gasteiger partial charge < -0.3 is 24.8 Å². The summed E-state index contributed by atoms with van der Waals surface area (Å²) in [6.07, 6.45) is 1.50. The summed E-state index contributed by atoms with van der Waals surface area (Å²) in [6, 6.07) is 15.2. The molecule has 2 aromatic carbocycles. The average molecular weight is 409 g/mol. The zero-order valence-corrected chi connectivity index (χ0v) is 17.3. The first-order valence-corrected chi connectivity index (χ1v) is 10.5. The molecule has 0 bridgehead atoms. The van der Waals surface area contributed by atoms with Crippen molar-refractivity contribution in [2.45, 2.75) is 12.8 Å². The van der Waals surface area contributed by atoms with Gasteiger partial charge >= 0.3 is 0 Å². The van der Waals surface area contributed by atoms with Gasteiger partial charge in [0, 0.05) is 44.8 Å². The summed E-state index contributed by atoms with van der Waals surface area (Å²) < 4.78 is 5.65. The minimum atomic E-state index is -0.199. The normalized spacial score (nSPS) is 17.3.